The molecule has 1 atom stereocenters. The maximum absolute atomic E-state index is 13.2. The van der Waals surface area contributed by atoms with Crippen molar-refractivity contribution < 1.29 is 22.8 Å². The molecule has 2 aromatic carbocycles. The fourth-order valence-electron chi connectivity index (χ4n) is 3.51. The SMILES string of the molecule is O=C(Nc1nnc(-c2cccc(Br)c2)s1)[C@H]1CCCN1C(=O)Nc1ccccc1C(F)(F)F. The van der Waals surface area contributed by atoms with E-state index in [1.807, 2.05) is 24.3 Å². The Hall–Kier alpha value is -2.99. The lowest BCUT2D eigenvalue weighted by Gasteiger charge is -2.24. The van der Waals surface area contributed by atoms with Gasteiger partial charge >= 0.3 is 12.2 Å². The topological polar surface area (TPSA) is 87.2 Å². The highest BCUT2D eigenvalue weighted by molar-refractivity contribution is 9.10. The van der Waals surface area contributed by atoms with Gasteiger partial charge in [-0.1, -0.05) is 51.5 Å². The highest BCUT2D eigenvalue weighted by atomic mass is 79.9. The third kappa shape index (κ3) is 5.33. The molecule has 2 heterocycles. The summed E-state index contributed by atoms with van der Waals surface area (Å²) in [6, 6.07) is 10.6. The molecule has 1 aliphatic rings. The number of carbonyl (C=O) groups excluding carboxylic acids is 2. The average Bonchev–Trinajstić information content (AvgIpc) is 3.43. The lowest BCUT2D eigenvalue weighted by atomic mass is 10.1. The molecule has 0 saturated carbocycles. The van der Waals surface area contributed by atoms with E-state index < -0.39 is 29.7 Å². The standard InChI is InChI=1S/C21H17BrF3N5O2S/c22-13-6-3-5-12(11-13)18-28-29-19(33-18)27-17(31)16-9-4-10-30(16)20(32)26-15-8-2-1-7-14(15)21(23,24)25/h1-3,5-8,11,16H,4,9-10H2,(H,26,32)(H,27,29,31)/t16-/m1/s1. The van der Waals surface area contributed by atoms with E-state index in [0.29, 0.717) is 17.8 Å². The fraction of sp³-hybridized carbons (Fsp3) is 0.238. The van der Waals surface area contributed by atoms with Crippen molar-refractivity contribution in [2.45, 2.75) is 25.1 Å². The van der Waals surface area contributed by atoms with Crippen LogP contribution < -0.4 is 10.6 Å². The molecule has 0 bridgehead atoms. The Morgan fingerprint density at radius 2 is 1.88 bits per heavy atom. The van der Waals surface area contributed by atoms with Gasteiger partial charge in [0.15, 0.2) is 0 Å². The van der Waals surface area contributed by atoms with Crippen molar-refractivity contribution >= 4 is 50.0 Å². The van der Waals surface area contributed by atoms with Crippen LogP contribution in [0.4, 0.5) is 28.8 Å². The smallest absolute Gasteiger partial charge is 0.312 e. The van der Waals surface area contributed by atoms with Gasteiger partial charge in [0, 0.05) is 16.6 Å². The van der Waals surface area contributed by atoms with Gasteiger partial charge in [-0.05, 0) is 37.1 Å². The number of para-hydroxylation sites is 1. The minimum atomic E-state index is -4.62. The number of nitrogens with one attached hydrogen (secondary N) is 2. The molecule has 3 amide bonds. The van der Waals surface area contributed by atoms with E-state index in [1.165, 1.54) is 34.4 Å². The Bertz CT molecular complexity index is 1190. The van der Waals surface area contributed by atoms with Crippen molar-refractivity contribution in [3.05, 3.63) is 58.6 Å². The minimum Gasteiger partial charge on any atom is -0.312 e. The summed E-state index contributed by atoms with van der Waals surface area (Å²) in [5, 5.41) is 13.9. The summed E-state index contributed by atoms with van der Waals surface area (Å²) in [6.45, 7) is 0.248. The number of likely N-dealkylation sites (tertiary alicyclic amines) is 1. The van der Waals surface area contributed by atoms with Gasteiger partial charge in [0.05, 0.1) is 11.3 Å². The van der Waals surface area contributed by atoms with Gasteiger partial charge in [-0.25, -0.2) is 4.79 Å². The first-order chi connectivity index (χ1) is 15.7. The van der Waals surface area contributed by atoms with Crippen molar-refractivity contribution in [2.24, 2.45) is 0 Å². The van der Waals surface area contributed by atoms with E-state index in [9.17, 15) is 22.8 Å². The van der Waals surface area contributed by atoms with Crippen LogP contribution >= 0.6 is 27.3 Å². The predicted octanol–water partition coefficient (Wildman–Crippen LogP) is 5.62. The molecule has 1 fully saturated rings. The Labute approximate surface area is 199 Å². The molecule has 7 nitrogen and oxygen atoms in total. The van der Waals surface area contributed by atoms with E-state index >= 15 is 0 Å². The normalized spacial score (nSPS) is 16.0. The molecule has 1 saturated heterocycles. The van der Waals surface area contributed by atoms with Crippen LogP contribution in [-0.2, 0) is 11.0 Å². The monoisotopic (exact) mass is 539 g/mol. The van der Waals surface area contributed by atoms with Crippen molar-refractivity contribution in [1.82, 2.24) is 15.1 Å². The first-order valence-electron chi connectivity index (χ1n) is 9.86. The van der Waals surface area contributed by atoms with E-state index in [4.69, 9.17) is 0 Å². The van der Waals surface area contributed by atoms with Crippen LogP contribution in [-0.4, -0.2) is 39.6 Å². The van der Waals surface area contributed by atoms with Crippen molar-refractivity contribution in [1.29, 1.82) is 0 Å². The molecular weight excluding hydrogens is 523 g/mol. The van der Waals surface area contributed by atoms with E-state index in [2.05, 4.69) is 36.8 Å². The Morgan fingerprint density at radius 1 is 1.09 bits per heavy atom. The molecule has 1 aliphatic heterocycles. The molecule has 12 heteroatoms. The second-order valence-corrected chi connectivity index (χ2v) is 9.13. The number of hydrogen-bond donors (Lipinski definition) is 2. The lowest BCUT2D eigenvalue weighted by Crippen LogP contribution is -2.45. The van der Waals surface area contributed by atoms with Gasteiger partial charge in [-0.2, -0.15) is 13.2 Å². The molecular formula is C21H17BrF3N5O2S. The number of aromatic nitrogens is 2. The average molecular weight is 540 g/mol. The van der Waals surface area contributed by atoms with E-state index in [1.54, 1.807) is 0 Å². The summed E-state index contributed by atoms with van der Waals surface area (Å²) in [4.78, 5) is 26.8. The Kier molecular flexibility index (Phi) is 6.66. The molecule has 0 radical (unpaired) electrons. The molecule has 0 aliphatic carbocycles. The van der Waals surface area contributed by atoms with Gasteiger partial charge in [-0.3, -0.25) is 10.1 Å². The number of halogens is 4. The number of nitrogens with zero attached hydrogens (tertiary/aromatic N) is 3. The molecule has 0 spiro atoms. The largest absolute Gasteiger partial charge is 0.418 e. The summed E-state index contributed by atoms with van der Waals surface area (Å²) < 4.78 is 40.6. The molecule has 0 unspecified atom stereocenters. The second-order valence-electron chi connectivity index (χ2n) is 7.24. The van der Waals surface area contributed by atoms with Crippen LogP contribution in [0.25, 0.3) is 10.6 Å². The van der Waals surface area contributed by atoms with Crippen molar-refractivity contribution in [3.63, 3.8) is 0 Å². The summed E-state index contributed by atoms with van der Waals surface area (Å²) in [7, 11) is 0. The van der Waals surface area contributed by atoms with E-state index in [0.717, 1.165) is 16.1 Å². The van der Waals surface area contributed by atoms with Crippen LogP contribution in [0.5, 0.6) is 0 Å². The molecule has 3 aromatic rings. The highest BCUT2D eigenvalue weighted by Crippen LogP contribution is 2.35. The first-order valence-corrected chi connectivity index (χ1v) is 11.5. The molecule has 172 valence electrons. The summed E-state index contributed by atoms with van der Waals surface area (Å²) in [6.07, 6.45) is -3.68. The van der Waals surface area contributed by atoms with Crippen molar-refractivity contribution in [3.8, 4) is 10.6 Å². The number of benzene rings is 2. The second kappa shape index (κ2) is 9.48. The predicted molar refractivity (Wildman–Crippen MR) is 122 cm³/mol. The molecule has 4 rings (SSSR count). The van der Waals surface area contributed by atoms with Crippen LogP contribution in [0.3, 0.4) is 0 Å². The van der Waals surface area contributed by atoms with Crippen LogP contribution in [0.1, 0.15) is 18.4 Å². The molecule has 1 aromatic heterocycles. The zero-order valence-corrected chi connectivity index (χ0v) is 19.3. The Balaban J connectivity index is 1.44. The highest BCUT2D eigenvalue weighted by Gasteiger charge is 2.37. The van der Waals surface area contributed by atoms with Gasteiger partial charge in [0.1, 0.15) is 11.0 Å². The summed E-state index contributed by atoms with van der Waals surface area (Å²) >= 11 is 4.57. The van der Waals surface area contributed by atoms with Crippen LogP contribution in [0.15, 0.2) is 53.0 Å². The number of carbonyl (C=O) groups is 2. The lowest BCUT2D eigenvalue weighted by molar-refractivity contribution is -0.137. The third-order valence-electron chi connectivity index (χ3n) is 5.02. The number of amides is 3. The van der Waals surface area contributed by atoms with Gasteiger partial charge < -0.3 is 10.2 Å². The number of hydrogen-bond acceptors (Lipinski definition) is 5. The van der Waals surface area contributed by atoms with Gasteiger partial charge in [0.2, 0.25) is 11.0 Å². The van der Waals surface area contributed by atoms with Gasteiger partial charge in [0.25, 0.3) is 0 Å². The zero-order chi connectivity index (χ0) is 23.6. The molecule has 33 heavy (non-hydrogen) atoms. The quantitative estimate of drug-likeness (QED) is 0.450. The Morgan fingerprint density at radius 3 is 2.64 bits per heavy atom. The van der Waals surface area contributed by atoms with Gasteiger partial charge in [-0.15, -0.1) is 10.2 Å². The summed E-state index contributed by atoms with van der Waals surface area (Å²) in [5.41, 5.74) is -0.482. The first kappa shape index (κ1) is 23.2. The number of alkyl halides is 3. The third-order valence-corrected chi connectivity index (χ3v) is 6.40. The van der Waals surface area contributed by atoms with E-state index in [-0.39, 0.29) is 17.4 Å². The maximum Gasteiger partial charge on any atom is 0.418 e. The number of rotatable bonds is 4. The van der Waals surface area contributed by atoms with Crippen LogP contribution in [0.2, 0.25) is 0 Å². The van der Waals surface area contributed by atoms with Crippen molar-refractivity contribution in [2.75, 3.05) is 17.2 Å². The molecule has 2 N–H and O–H groups in total. The zero-order valence-electron chi connectivity index (χ0n) is 16.9. The minimum absolute atomic E-state index is 0.248. The number of urea groups is 1. The summed E-state index contributed by atoms with van der Waals surface area (Å²) in [5.74, 6) is -0.469. The number of anilines is 2. The van der Waals surface area contributed by atoms with Crippen LogP contribution in [0, 0.1) is 0 Å². The fourth-order valence-corrected chi connectivity index (χ4v) is 4.65. The maximum atomic E-state index is 13.2.